The van der Waals surface area contributed by atoms with E-state index in [1.807, 2.05) is 18.5 Å². The van der Waals surface area contributed by atoms with Gasteiger partial charge in [0.15, 0.2) is 11.8 Å². The monoisotopic (exact) mass is 389 g/mol. The molecule has 1 aliphatic heterocycles. The lowest BCUT2D eigenvalue weighted by atomic mass is 9.94. The van der Waals surface area contributed by atoms with Gasteiger partial charge in [-0.05, 0) is 19.8 Å². The van der Waals surface area contributed by atoms with E-state index in [1.54, 1.807) is 6.20 Å². The standard InChI is InChI=1S/C19H31N7O2/c1-13-24-25-16(26(13)5)11-22-18(21-9-14-7-6-8-27-14)23-12-17-20-10-15(28-17)19(2,3)4/h10,14H,6-9,11-12H2,1-5H3,(H2,21,22,23). The van der Waals surface area contributed by atoms with Gasteiger partial charge in [0.05, 0.1) is 18.8 Å². The maximum Gasteiger partial charge on any atom is 0.213 e. The van der Waals surface area contributed by atoms with Gasteiger partial charge in [-0.1, -0.05) is 20.8 Å². The van der Waals surface area contributed by atoms with Crippen molar-refractivity contribution in [1.29, 1.82) is 0 Å². The molecule has 2 aromatic heterocycles. The number of guanidine groups is 1. The minimum absolute atomic E-state index is 0.0662. The molecule has 0 spiro atoms. The number of nitrogens with one attached hydrogen (secondary N) is 2. The highest BCUT2D eigenvalue weighted by molar-refractivity contribution is 5.79. The molecule has 9 nitrogen and oxygen atoms in total. The number of hydrogen-bond acceptors (Lipinski definition) is 6. The molecule has 1 atom stereocenters. The summed E-state index contributed by atoms with van der Waals surface area (Å²) < 4.78 is 13.5. The van der Waals surface area contributed by atoms with E-state index in [0.717, 1.165) is 36.9 Å². The maximum absolute atomic E-state index is 5.85. The van der Waals surface area contributed by atoms with E-state index in [9.17, 15) is 0 Å². The molecule has 1 saturated heterocycles. The topological polar surface area (TPSA) is 102 Å². The number of ether oxygens (including phenoxy) is 1. The zero-order valence-electron chi connectivity index (χ0n) is 17.4. The zero-order chi connectivity index (χ0) is 20.1. The van der Waals surface area contributed by atoms with Gasteiger partial charge in [0.2, 0.25) is 5.89 Å². The first-order chi connectivity index (χ1) is 13.3. The molecule has 1 fully saturated rings. The minimum atomic E-state index is -0.0662. The molecular weight excluding hydrogens is 358 g/mol. The van der Waals surface area contributed by atoms with Crippen LogP contribution in [0.25, 0.3) is 0 Å². The van der Waals surface area contributed by atoms with Crippen LogP contribution < -0.4 is 10.6 Å². The van der Waals surface area contributed by atoms with Crippen LogP contribution in [0, 0.1) is 6.92 Å². The summed E-state index contributed by atoms with van der Waals surface area (Å²) in [5.41, 5.74) is -0.0662. The highest BCUT2D eigenvalue weighted by Crippen LogP contribution is 2.22. The van der Waals surface area contributed by atoms with Crippen LogP contribution in [0.5, 0.6) is 0 Å². The molecule has 3 rings (SSSR count). The predicted molar refractivity (Wildman–Crippen MR) is 106 cm³/mol. The van der Waals surface area contributed by atoms with Crippen LogP contribution in [-0.4, -0.2) is 45.0 Å². The van der Waals surface area contributed by atoms with Crippen LogP contribution in [0.15, 0.2) is 15.6 Å². The third-order valence-electron chi connectivity index (χ3n) is 4.78. The molecule has 0 saturated carbocycles. The Kier molecular flexibility index (Phi) is 6.33. The number of aryl methyl sites for hydroxylation is 1. The maximum atomic E-state index is 5.85. The smallest absolute Gasteiger partial charge is 0.213 e. The van der Waals surface area contributed by atoms with Crippen LogP contribution in [0.1, 0.15) is 56.9 Å². The van der Waals surface area contributed by atoms with Gasteiger partial charge in [-0.15, -0.1) is 10.2 Å². The van der Waals surface area contributed by atoms with E-state index in [0.29, 0.717) is 31.5 Å². The summed E-state index contributed by atoms with van der Waals surface area (Å²) >= 11 is 0. The van der Waals surface area contributed by atoms with Gasteiger partial charge in [-0.2, -0.15) is 0 Å². The summed E-state index contributed by atoms with van der Waals surface area (Å²) in [6.45, 7) is 10.6. The summed E-state index contributed by atoms with van der Waals surface area (Å²) in [7, 11) is 1.94. The second-order valence-electron chi connectivity index (χ2n) is 8.13. The zero-order valence-corrected chi connectivity index (χ0v) is 17.4. The lowest BCUT2D eigenvalue weighted by molar-refractivity contribution is 0.113. The molecule has 1 aliphatic rings. The molecule has 2 N–H and O–H groups in total. The molecule has 0 aliphatic carbocycles. The molecule has 0 aromatic carbocycles. The van der Waals surface area contributed by atoms with Crippen molar-refractivity contribution >= 4 is 5.96 Å². The Morgan fingerprint density at radius 1 is 1.32 bits per heavy atom. The number of aliphatic imine (C=N–C) groups is 1. The van der Waals surface area contributed by atoms with Crippen molar-refractivity contribution in [2.75, 3.05) is 13.2 Å². The Morgan fingerprint density at radius 3 is 2.75 bits per heavy atom. The van der Waals surface area contributed by atoms with Crippen molar-refractivity contribution < 1.29 is 9.15 Å². The number of oxazole rings is 1. The lowest BCUT2D eigenvalue weighted by Gasteiger charge is -2.15. The van der Waals surface area contributed by atoms with Crippen molar-refractivity contribution in [2.45, 2.75) is 65.1 Å². The molecular formula is C19H31N7O2. The third-order valence-corrected chi connectivity index (χ3v) is 4.78. The molecule has 3 heterocycles. The second-order valence-corrected chi connectivity index (χ2v) is 8.13. The van der Waals surface area contributed by atoms with Crippen molar-refractivity contribution in [3.05, 3.63) is 29.5 Å². The van der Waals surface area contributed by atoms with Crippen molar-refractivity contribution in [2.24, 2.45) is 12.0 Å². The molecule has 0 radical (unpaired) electrons. The second kappa shape index (κ2) is 8.72. The summed E-state index contributed by atoms with van der Waals surface area (Å²) in [5.74, 6) is 3.84. The Bertz CT molecular complexity index is 798. The van der Waals surface area contributed by atoms with Gasteiger partial charge < -0.3 is 24.4 Å². The predicted octanol–water partition coefficient (Wildman–Crippen LogP) is 1.82. The fraction of sp³-hybridized carbons (Fsp3) is 0.684. The average Bonchev–Trinajstić information content (AvgIpc) is 3.38. The largest absolute Gasteiger partial charge is 0.443 e. The van der Waals surface area contributed by atoms with Gasteiger partial charge in [0, 0.05) is 25.6 Å². The molecule has 2 aromatic rings. The van der Waals surface area contributed by atoms with E-state index < -0.39 is 0 Å². The summed E-state index contributed by atoms with van der Waals surface area (Å²) in [4.78, 5) is 9.01. The molecule has 154 valence electrons. The molecule has 0 amide bonds. The van der Waals surface area contributed by atoms with Crippen LogP contribution in [-0.2, 0) is 30.3 Å². The van der Waals surface area contributed by atoms with E-state index in [4.69, 9.17) is 9.15 Å². The first-order valence-corrected chi connectivity index (χ1v) is 9.77. The summed E-state index contributed by atoms with van der Waals surface area (Å²) in [5, 5.41) is 14.9. The number of rotatable bonds is 6. The third kappa shape index (κ3) is 5.31. The van der Waals surface area contributed by atoms with Crippen LogP contribution >= 0.6 is 0 Å². The quantitative estimate of drug-likeness (QED) is 0.574. The molecule has 1 unspecified atom stereocenters. The first kappa shape index (κ1) is 20.3. The van der Waals surface area contributed by atoms with Crippen LogP contribution in [0.2, 0.25) is 0 Å². The van der Waals surface area contributed by atoms with Gasteiger partial charge in [-0.3, -0.25) is 0 Å². The van der Waals surface area contributed by atoms with Crippen molar-refractivity contribution in [3.63, 3.8) is 0 Å². The molecule has 9 heteroatoms. The molecule has 0 bridgehead atoms. The summed E-state index contributed by atoms with van der Waals surface area (Å²) in [6.07, 6.45) is 4.18. The number of nitrogens with zero attached hydrogens (tertiary/aromatic N) is 5. The van der Waals surface area contributed by atoms with E-state index >= 15 is 0 Å². The van der Waals surface area contributed by atoms with Crippen LogP contribution in [0.4, 0.5) is 0 Å². The molecule has 28 heavy (non-hydrogen) atoms. The Labute approximate surface area is 166 Å². The normalized spacial score (nSPS) is 17.9. The lowest BCUT2D eigenvalue weighted by Crippen LogP contribution is -2.41. The number of aromatic nitrogens is 4. The van der Waals surface area contributed by atoms with Gasteiger partial charge in [-0.25, -0.2) is 9.98 Å². The fourth-order valence-electron chi connectivity index (χ4n) is 2.83. The van der Waals surface area contributed by atoms with Crippen molar-refractivity contribution in [1.82, 2.24) is 30.4 Å². The highest BCUT2D eigenvalue weighted by Gasteiger charge is 2.19. The van der Waals surface area contributed by atoms with E-state index in [-0.39, 0.29) is 11.5 Å². The summed E-state index contributed by atoms with van der Waals surface area (Å²) in [6, 6.07) is 0. The fourth-order valence-corrected chi connectivity index (χ4v) is 2.83. The SMILES string of the molecule is Cc1nnc(CN=C(NCc2ncc(C(C)(C)C)o2)NCC2CCCO2)n1C. The minimum Gasteiger partial charge on any atom is -0.443 e. The van der Waals surface area contributed by atoms with Crippen molar-refractivity contribution in [3.8, 4) is 0 Å². The Balaban J connectivity index is 1.63. The van der Waals surface area contributed by atoms with E-state index in [2.05, 4.69) is 51.6 Å². The Hall–Kier alpha value is -2.42. The highest BCUT2D eigenvalue weighted by atomic mass is 16.5. The Morgan fingerprint density at radius 2 is 2.14 bits per heavy atom. The van der Waals surface area contributed by atoms with Crippen LogP contribution in [0.3, 0.4) is 0 Å². The van der Waals surface area contributed by atoms with E-state index in [1.165, 1.54) is 0 Å². The van der Waals surface area contributed by atoms with Gasteiger partial charge in [0.25, 0.3) is 0 Å². The van der Waals surface area contributed by atoms with Gasteiger partial charge >= 0.3 is 0 Å². The first-order valence-electron chi connectivity index (χ1n) is 9.77. The average molecular weight is 390 g/mol. The van der Waals surface area contributed by atoms with Gasteiger partial charge in [0.1, 0.15) is 18.1 Å². The number of hydrogen-bond donors (Lipinski definition) is 2.